The van der Waals surface area contributed by atoms with Gasteiger partial charge in [0.1, 0.15) is 6.04 Å². The average molecular weight is 437 g/mol. The zero-order valence-corrected chi connectivity index (χ0v) is 17.6. The van der Waals surface area contributed by atoms with Crippen LogP contribution < -0.4 is 4.31 Å². The number of nitrogens with zero attached hydrogens (tertiary/aromatic N) is 2. The number of amides is 1. The Labute approximate surface area is 169 Å². The van der Waals surface area contributed by atoms with Crippen molar-refractivity contribution in [2.24, 2.45) is 5.92 Å². The number of carbonyl (C=O) groups is 2. The van der Waals surface area contributed by atoms with Crippen LogP contribution in [-0.2, 0) is 24.3 Å². The van der Waals surface area contributed by atoms with Crippen LogP contribution in [0.25, 0.3) is 0 Å². The minimum Gasteiger partial charge on any atom is -0.469 e. The second-order valence-corrected chi connectivity index (χ2v) is 9.16. The van der Waals surface area contributed by atoms with E-state index in [9.17, 15) is 18.0 Å². The molecule has 10 heteroatoms. The van der Waals surface area contributed by atoms with E-state index in [4.69, 9.17) is 27.9 Å². The molecule has 1 saturated heterocycles. The summed E-state index contributed by atoms with van der Waals surface area (Å²) in [4.78, 5) is 26.1. The zero-order chi connectivity index (χ0) is 20.4. The lowest BCUT2D eigenvalue weighted by Crippen LogP contribution is -2.51. The minimum absolute atomic E-state index is 0.150. The molecule has 0 aromatic heterocycles. The van der Waals surface area contributed by atoms with Crippen molar-refractivity contribution >= 4 is 50.8 Å². The minimum atomic E-state index is -3.80. The lowest BCUT2D eigenvalue weighted by molar-refractivity contribution is -0.149. The highest BCUT2D eigenvalue weighted by Crippen LogP contribution is 2.33. The highest BCUT2D eigenvalue weighted by Gasteiger charge is 2.35. The van der Waals surface area contributed by atoms with E-state index in [0.29, 0.717) is 31.0 Å². The maximum absolute atomic E-state index is 12.9. The molecule has 0 spiro atoms. The number of likely N-dealkylation sites (tertiary alicyclic amines) is 1. The Balaban J connectivity index is 2.24. The third kappa shape index (κ3) is 5.06. The number of benzene rings is 1. The van der Waals surface area contributed by atoms with E-state index in [1.807, 2.05) is 0 Å². The van der Waals surface area contributed by atoms with Crippen molar-refractivity contribution in [3.05, 3.63) is 28.2 Å². The highest BCUT2D eigenvalue weighted by molar-refractivity contribution is 7.92. The van der Waals surface area contributed by atoms with Gasteiger partial charge in [0.25, 0.3) is 0 Å². The topological polar surface area (TPSA) is 84.0 Å². The first kappa shape index (κ1) is 21.8. The van der Waals surface area contributed by atoms with Gasteiger partial charge >= 0.3 is 5.97 Å². The second-order valence-electron chi connectivity index (χ2n) is 6.45. The highest BCUT2D eigenvalue weighted by atomic mass is 35.5. The first-order valence-electron chi connectivity index (χ1n) is 8.37. The number of hydrogen-bond donors (Lipinski definition) is 0. The van der Waals surface area contributed by atoms with Crippen molar-refractivity contribution < 1.29 is 22.7 Å². The van der Waals surface area contributed by atoms with Gasteiger partial charge in [-0.2, -0.15) is 0 Å². The molecule has 1 aromatic rings. The van der Waals surface area contributed by atoms with E-state index in [2.05, 4.69) is 0 Å². The number of methoxy groups -OCH3 is 1. The lowest BCUT2D eigenvalue weighted by atomic mass is 9.96. The standard InChI is InChI=1S/C17H22Cl2N2O5S/c1-11(16(22)20-8-6-12(7-9-20)17(23)26-2)21(27(3,24)25)15-10-13(18)4-5-14(15)19/h4-5,10-12H,6-9H2,1-3H3/t11-/m1/s1. The van der Waals surface area contributed by atoms with Crippen LogP contribution in [0.3, 0.4) is 0 Å². The Hall–Kier alpha value is -1.51. The third-order valence-electron chi connectivity index (χ3n) is 4.55. The van der Waals surface area contributed by atoms with E-state index >= 15 is 0 Å². The zero-order valence-electron chi connectivity index (χ0n) is 15.3. The Morgan fingerprint density at radius 2 is 1.85 bits per heavy atom. The number of sulfonamides is 1. The number of hydrogen-bond acceptors (Lipinski definition) is 5. The van der Waals surface area contributed by atoms with Crippen molar-refractivity contribution in [3.63, 3.8) is 0 Å². The predicted octanol–water partition coefficient (Wildman–Crippen LogP) is 2.56. The van der Waals surface area contributed by atoms with Crippen LogP contribution in [0.1, 0.15) is 19.8 Å². The summed E-state index contributed by atoms with van der Waals surface area (Å²) in [5, 5.41) is 0.482. The first-order chi connectivity index (χ1) is 12.6. The molecular formula is C17H22Cl2N2O5S. The molecule has 7 nitrogen and oxygen atoms in total. The molecule has 0 aliphatic carbocycles. The summed E-state index contributed by atoms with van der Waals surface area (Å²) in [7, 11) is -2.47. The summed E-state index contributed by atoms with van der Waals surface area (Å²) in [6, 6.07) is 3.43. The van der Waals surface area contributed by atoms with Crippen LogP contribution in [0.15, 0.2) is 18.2 Å². The van der Waals surface area contributed by atoms with Gasteiger partial charge in [-0.05, 0) is 38.0 Å². The Kier molecular flexibility index (Phi) is 6.99. The summed E-state index contributed by atoms with van der Waals surface area (Å²) in [6.45, 7) is 2.21. The molecule has 0 N–H and O–H groups in total. The molecule has 1 atom stereocenters. The Bertz CT molecular complexity index is 823. The van der Waals surface area contributed by atoms with Gasteiger partial charge < -0.3 is 9.64 Å². The SMILES string of the molecule is COC(=O)C1CCN(C(=O)[C@@H](C)N(c2cc(Cl)ccc2Cl)S(C)(=O)=O)CC1. The summed E-state index contributed by atoms with van der Waals surface area (Å²) in [5.74, 6) is -0.902. The van der Waals surface area contributed by atoms with Crippen molar-refractivity contribution in [2.45, 2.75) is 25.8 Å². The molecule has 1 aliphatic heterocycles. The molecule has 1 aliphatic rings. The average Bonchev–Trinajstić information content (AvgIpc) is 2.62. The van der Waals surface area contributed by atoms with Gasteiger partial charge in [-0.15, -0.1) is 0 Å². The molecule has 1 amide bonds. The molecule has 0 bridgehead atoms. The molecular weight excluding hydrogens is 415 g/mol. The predicted molar refractivity (Wildman–Crippen MR) is 105 cm³/mol. The van der Waals surface area contributed by atoms with Crippen molar-refractivity contribution in [2.75, 3.05) is 30.8 Å². The number of carbonyl (C=O) groups excluding carboxylic acids is 2. The Morgan fingerprint density at radius 1 is 1.26 bits per heavy atom. The van der Waals surface area contributed by atoms with E-state index in [-0.39, 0.29) is 28.5 Å². The fourth-order valence-corrected chi connectivity index (χ4v) is 4.79. The summed E-state index contributed by atoms with van der Waals surface area (Å²) in [5.41, 5.74) is 0.150. The molecule has 27 heavy (non-hydrogen) atoms. The fourth-order valence-electron chi connectivity index (χ4n) is 3.20. The fraction of sp³-hybridized carbons (Fsp3) is 0.529. The van der Waals surface area contributed by atoms with Gasteiger partial charge in [0.05, 0.1) is 30.0 Å². The van der Waals surface area contributed by atoms with Gasteiger partial charge in [-0.25, -0.2) is 8.42 Å². The van der Waals surface area contributed by atoms with Gasteiger partial charge in [0, 0.05) is 18.1 Å². The number of piperidine rings is 1. The van der Waals surface area contributed by atoms with E-state index in [1.165, 1.54) is 32.2 Å². The normalized spacial score (nSPS) is 16.7. The molecule has 0 radical (unpaired) electrons. The molecule has 2 rings (SSSR count). The second kappa shape index (κ2) is 8.67. The smallest absolute Gasteiger partial charge is 0.308 e. The van der Waals surface area contributed by atoms with Gasteiger partial charge in [0.15, 0.2) is 0 Å². The molecule has 0 saturated carbocycles. The van der Waals surface area contributed by atoms with Crippen LogP contribution >= 0.6 is 23.2 Å². The maximum Gasteiger partial charge on any atom is 0.308 e. The molecule has 1 aromatic carbocycles. The third-order valence-corrected chi connectivity index (χ3v) is 6.34. The van der Waals surface area contributed by atoms with Gasteiger partial charge in [-0.3, -0.25) is 13.9 Å². The number of ether oxygens (including phenoxy) is 1. The van der Waals surface area contributed by atoms with E-state index in [1.54, 1.807) is 4.90 Å². The van der Waals surface area contributed by atoms with Crippen LogP contribution in [-0.4, -0.2) is 57.7 Å². The van der Waals surface area contributed by atoms with Crippen LogP contribution in [0.5, 0.6) is 0 Å². The van der Waals surface area contributed by atoms with E-state index < -0.39 is 16.1 Å². The number of esters is 1. The number of rotatable bonds is 5. The number of anilines is 1. The molecule has 0 unspecified atom stereocenters. The quantitative estimate of drug-likeness (QED) is 0.662. The summed E-state index contributed by atoms with van der Waals surface area (Å²) < 4.78 is 30.5. The first-order valence-corrected chi connectivity index (χ1v) is 11.0. The monoisotopic (exact) mass is 436 g/mol. The van der Waals surface area contributed by atoms with Crippen LogP contribution in [0.2, 0.25) is 10.0 Å². The molecule has 150 valence electrons. The maximum atomic E-state index is 12.9. The number of halogens is 2. The largest absolute Gasteiger partial charge is 0.469 e. The summed E-state index contributed by atoms with van der Waals surface area (Å²) >= 11 is 12.1. The molecule has 1 heterocycles. The van der Waals surface area contributed by atoms with Crippen molar-refractivity contribution in [1.29, 1.82) is 0 Å². The van der Waals surface area contributed by atoms with Crippen molar-refractivity contribution in [3.8, 4) is 0 Å². The Morgan fingerprint density at radius 3 is 2.37 bits per heavy atom. The van der Waals surface area contributed by atoms with Crippen LogP contribution in [0.4, 0.5) is 5.69 Å². The van der Waals surface area contributed by atoms with Gasteiger partial charge in [-0.1, -0.05) is 23.2 Å². The van der Waals surface area contributed by atoms with E-state index in [0.717, 1.165) is 10.6 Å². The lowest BCUT2D eigenvalue weighted by Gasteiger charge is -2.36. The summed E-state index contributed by atoms with van der Waals surface area (Å²) in [6.07, 6.45) is 1.96. The van der Waals surface area contributed by atoms with Crippen LogP contribution in [0, 0.1) is 5.92 Å². The van der Waals surface area contributed by atoms with Crippen molar-refractivity contribution in [1.82, 2.24) is 4.90 Å². The van der Waals surface area contributed by atoms with Gasteiger partial charge in [0.2, 0.25) is 15.9 Å². The molecule has 1 fully saturated rings.